The lowest BCUT2D eigenvalue weighted by Crippen LogP contribution is -2.46. The summed E-state index contributed by atoms with van der Waals surface area (Å²) in [7, 11) is 0. The van der Waals surface area contributed by atoms with Crippen LogP contribution < -0.4 is 9.64 Å². The van der Waals surface area contributed by atoms with Crippen molar-refractivity contribution in [2.75, 3.05) is 50.8 Å². The van der Waals surface area contributed by atoms with Gasteiger partial charge in [0.05, 0.1) is 23.9 Å². The predicted molar refractivity (Wildman–Crippen MR) is 174 cm³/mol. The Morgan fingerprint density at radius 3 is 2.38 bits per heavy atom. The van der Waals surface area contributed by atoms with Crippen molar-refractivity contribution in [3.63, 3.8) is 0 Å². The van der Waals surface area contributed by atoms with Crippen LogP contribution in [0.1, 0.15) is 72.9 Å². The molecule has 1 amide bonds. The molecule has 0 radical (unpaired) electrons. The highest BCUT2D eigenvalue weighted by Gasteiger charge is 2.31. The van der Waals surface area contributed by atoms with E-state index in [0.29, 0.717) is 0 Å². The molecule has 3 heterocycles. The Morgan fingerprint density at radius 1 is 0.833 bits per heavy atom. The van der Waals surface area contributed by atoms with Crippen LogP contribution in [0, 0.1) is 13.8 Å². The number of rotatable bonds is 11. The highest BCUT2D eigenvalue weighted by Crippen LogP contribution is 2.35. The molecule has 2 saturated heterocycles. The SMILES string of the molecule is Cc1ccc(N2CCN(CCCCCCCCOc3cc4cc5c(cc4cc3C)C(=O)N3CCC[C@H]3C=N5)CC2)cc1. The molecule has 0 spiro atoms. The number of amides is 1. The lowest BCUT2D eigenvalue weighted by Gasteiger charge is -2.36. The van der Waals surface area contributed by atoms with Crippen LogP contribution >= 0.6 is 0 Å². The molecule has 6 nitrogen and oxygen atoms in total. The minimum absolute atomic E-state index is 0.113. The molecule has 42 heavy (non-hydrogen) atoms. The van der Waals surface area contributed by atoms with Crippen molar-refractivity contribution in [3.05, 3.63) is 65.2 Å². The maximum absolute atomic E-state index is 13.2. The number of carbonyl (C=O) groups is 1. The Balaban J connectivity index is 0.887. The monoisotopic (exact) mass is 566 g/mol. The minimum atomic E-state index is 0.113. The number of ether oxygens (including phenoxy) is 1. The number of unbranched alkanes of at least 4 members (excludes halogenated alkanes) is 5. The zero-order valence-corrected chi connectivity index (χ0v) is 25.5. The second-order valence-corrected chi connectivity index (χ2v) is 12.5. The average Bonchev–Trinajstić information content (AvgIpc) is 3.44. The van der Waals surface area contributed by atoms with Gasteiger partial charge in [-0.1, -0.05) is 43.4 Å². The van der Waals surface area contributed by atoms with Gasteiger partial charge in [0.25, 0.3) is 5.91 Å². The number of aryl methyl sites for hydroxylation is 2. The van der Waals surface area contributed by atoms with Gasteiger partial charge < -0.3 is 14.5 Å². The van der Waals surface area contributed by atoms with Crippen molar-refractivity contribution in [2.24, 2.45) is 4.99 Å². The summed E-state index contributed by atoms with van der Waals surface area (Å²) in [6.07, 6.45) is 11.5. The molecule has 3 aromatic rings. The third-order valence-corrected chi connectivity index (χ3v) is 9.32. The fraction of sp³-hybridized carbons (Fsp3) is 0.500. The molecule has 222 valence electrons. The van der Waals surface area contributed by atoms with E-state index in [1.165, 1.54) is 63.0 Å². The van der Waals surface area contributed by atoms with Gasteiger partial charge in [0.15, 0.2) is 0 Å². The molecule has 0 aromatic heterocycles. The summed E-state index contributed by atoms with van der Waals surface area (Å²) in [6.45, 7) is 11.7. The topological polar surface area (TPSA) is 48.4 Å². The molecule has 3 aromatic carbocycles. The van der Waals surface area contributed by atoms with Gasteiger partial charge in [-0.2, -0.15) is 0 Å². The van der Waals surface area contributed by atoms with E-state index < -0.39 is 0 Å². The summed E-state index contributed by atoms with van der Waals surface area (Å²) in [5.41, 5.74) is 5.31. The van der Waals surface area contributed by atoms with Gasteiger partial charge in [-0.25, -0.2) is 0 Å². The van der Waals surface area contributed by atoms with Crippen LogP contribution in [-0.2, 0) is 0 Å². The Kier molecular flexibility index (Phi) is 9.09. The number of aliphatic imine (C=N–C) groups is 1. The van der Waals surface area contributed by atoms with E-state index in [9.17, 15) is 4.79 Å². The Morgan fingerprint density at radius 2 is 1.57 bits per heavy atom. The van der Waals surface area contributed by atoms with E-state index in [1.54, 1.807) is 0 Å². The van der Waals surface area contributed by atoms with E-state index in [2.05, 4.69) is 66.1 Å². The summed E-state index contributed by atoms with van der Waals surface area (Å²) in [4.78, 5) is 25.0. The van der Waals surface area contributed by atoms with Gasteiger partial charge >= 0.3 is 0 Å². The first-order valence-corrected chi connectivity index (χ1v) is 16.2. The fourth-order valence-corrected chi connectivity index (χ4v) is 6.70. The molecule has 0 unspecified atom stereocenters. The van der Waals surface area contributed by atoms with Gasteiger partial charge in [-0.05, 0) is 98.8 Å². The molecule has 6 rings (SSSR count). The number of hydrogen-bond acceptors (Lipinski definition) is 5. The lowest BCUT2D eigenvalue weighted by atomic mass is 10.0. The van der Waals surface area contributed by atoms with E-state index in [1.807, 2.05) is 17.2 Å². The van der Waals surface area contributed by atoms with Crippen molar-refractivity contribution in [2.45, 2.75) is 71.3 Å². The molecule has 3 aliphatic rings. The molecule has 1 atom stereocenters. The maximum atomic E-state index is 13.2. The lowest BCUT2D eigenvalue weighted by molar-refractivity contribution is 0.0775. The van der Waals surface area contributed by atoms with Crippen LogP contribution in [0.3, 0.4) is 0 Å². The Hall–Kier alpha value is -3.38. The van der Waals surface area contributed by atoms with Crippen LogP contribution in [0.25, 0.3) is 10.8 Å². The van der Waals surface area contributed by atoms with Crippen molar-refractivity contribution >= 4 is 34.3 Å². The van der Waals surface area contributed by atoms with E-state index in [4.69, 9.17) is 9.73 Å². The molecule has 0 saturated carbocycles. The third kappa shape index (κ3) is 6.64. The normalized spacial score (nSPS) is 18.8. The molecule has 0 N–H and O–H groups in total. The third-order valence-electron chi connectivity index (χ3n) is 9.32. The standard InChI is InChI=1S/C36H46N4O2/c1-27-11-13-31(14-12-27)39-19-17-38(18-20-39)15-7-5-3-4-6-8-21-42-35-25-30-24-34-33(23-29(30)22-28(35)2)36(41)40-16-9-10-32(40)26-37-34/h11-14,22-26,32H,3-10,15-21H2,1-2H3/t32-/m0/s1. The number of anilines is 1. The number of hydrogen-bond donors (Lipinski definition) is 0. The summed E-state index contributed by atoms with van der Waals surface area (Å²) in [5.74, 6) is 1.05. The van der Waals surface area contributed by atoms with Gasteiger partial charge in [-0.3, -0.25) is 14.7 Å². The van der Waals surface area contributed by atoms with Crippen LogP contribution in [0.15, 0.2) is 53.5 Å². The number of piperazine rings is 1. The van der Waals surface area contributed by atoms with Gasteiger partial charge in [0.1, 0.15) is 5.75 Å². The summed E-state index contributed by atoms with van der Waals surface area (Å²) in [5, 5.41) is 2.16. The first kappa shape index (κ1) is 28.7. The largest absolute Gasteiger partial charge is 0.493 e. The molecular formula is C36H46N4O2. The van der Waals surface area contributed by atoms with Crippen LogP contribution in [-0.4, -0.2) is 73.8 Å². The number of carbonyl (C=O) groups excluding carboxylic acids is 1. The van der Waals surface area contributed by atoms with Crippen LogP contribution in [0.4, 0.5) is 11.4 Å². The number of fused-ring (bicyclic) bond motifs is 3. The summed E-state index contributed by atoms with van der Waals surface area (Å²) >= 11 is 0. The minimum Gasteiger partial charge on any atom is -0.493 e. The first-order valence-electron chi connectivity index (χ1n) is 16.2. The van der Waals surface area contributed by atoms with Crippen molar-refractivity contribution in [3.8, 4) is 5.75 Å². The molecule has 6 heteroatoms. The zero-order chi connectivity index (χ0) is 28.9. The molecule has 2 fully saturated rings. The van der Waals surface area contributed by atoms with E-state index in [-0.39, 0.29) is 11.9 Å². The van der Waals surface area contributed by atoms with Gasteiger partial charge in [0, 0.05) is 44.6 Å². The van der Waals surface area contributed by atoms with Crippen LogP contribution in [0.2, 0.25) is 0 Å². The highest BCUT2D eigenvalue weighted by atomic mass is 16.5. The molecule has 0 aliphatic carbocycles. The smallest absolute Gasteiger partial charge is 0.256 e. The Labute approximate surface area is 251 Å². The zero-order valence-electron chi connectivity index (χ0n) is 25.5. The second-order valence-electron chi connectivity index (χ2n) is 12.5. The number of nitrogens with zero attached hydrogens (tertiary/aromatic N) is 4. The van der Waals surface area contributed by atoms with Crippen molar-refractivity contribution in [1.29, 1.82) is 0 Å². The predicted octanol–water partition coefficient (Wildman–Crippen LogP) is 7.32. The quantitative estimate of drug-likeness (QED) is 0.228. The van der Waals surface area contributed by atoms with Crippen molar-refractivity contribution in [1.82, 2.24) is 9.80 Å². The highest BCUT2D eigenvalue weighted by molar-refractivity contribution is 6.06. The molecular weight excluding hydrogens is 520 g/mol. The van der Waals surface area contributed by atoms with Crippen LogP contribution in [0.5, 0.6) is 5.75 Å². The Bertz CT molecular complexity index is 1410. The maximum Gasteiger partial charge on any atom is 0.256 e. The van der Waals surface area contributed by atoms with E-state index >= 15 is 0 Å². The van der Waals surface area contributed by atoms with Gasteiger partial charge in [-0.15, -0.1) is 0 Å². The van der Waals surface area contributed by atoms with Crippen molar-refractivity contribution < 1.29 is 9.53 Å². The van der Waals surface area contributed by atoms with Gasteiger partial charge in [0.2, 0.25) is 0 Å². The second kappa shape index (κ2) is 13.3. The molecule has 3 aliphatic heterocycles. The first-order chi connectivity index (χ1) is 20.5. The summed E-state index contributed by atoms with van der Waals surface area (Å²) < 4.78 is 6.22. The number of benzene rings is 3. The van der Waals surface area contributed by atoms with E-state index in [0.717, 1.165) is 78.8 Å². The fourth-order valence-electron chi connectivity index (χ4n) is 6.70. The summed E-state index contributed by atoms with van der Waals surface area (Å²) in [6, 6.07) is 17.4. The molecule has 0 bridgehead atoms. The average molecular weight is 567 g/mol.